The summed E-state index contributed by atoms with van der Waals surface area (Å²) in [5, 5.41) is 4.12. The number of rotatable bonds is 4. The van der Waals surface area contributed by atoms with Gasteiger partial charge < -0.3 is 9.47 Å². The summed E-state index contributed by atoms with van der Waals surface area (Å²) in [5.41, 5.74) is 0.770. The first-order chi connectivity index (χ1) is 9.61. The van der Waals surface area contributed by atoms with Crippen molar-refractivity contribution < 1.29 is 19.1 Å². The van der Waals surface area contributed by atoms with Crippen molar-refractivity contribution >= 4 is 11.9 Å². The largest absolute Gasteiger partial charge is 0.461 e. The third-order valence-corrected chi connectivity index (χ3v) is 2.41. The number of carbonyl (C=O) groups is 2. The third kappa shape index (κ3) is 3.03. The van der Waals surface area contributed by atoms with E-state index >= 15 is 0 Å². The zero-order chi connectivity index (χ0) is 14.5. The van der Waals surface area contributed by atoms with Gasteiger partial charge >= 0.3 is 11.9 Å². The monoisotopic (exact) mass is 274 g/mol. The van der Waals surface area contributed by atoms with Crippen LogP contribution in [-0.4, -0.2) is 28.3 Å². The highest BCUT2D eigenvalue weighted by molar-refractivity contribution is 5.88. The molecule has 0 amide bonds. The molecule has 0 radical (unpaired) electrons. The minimum atomic E-state index is -0.560. The topological polar surface area (TPSA) is 70.4 Å². The number of carbonyl (C=O) groups excluding carboxylic acids is 2. The maximum atomic E-state index is 11.7. The van der Waals surface area contributed by atoms with Gasteiger partial charge in [-0.3, -0.25) is 4.79 Å². The van der Waals surface area contributed by atoms with E-state index in [-0.39, 0.29) is 18.2 Å². The zero-order valence-electron chi connectivity index (χ0n) is 11.2. The highest BCUT2D eigenvalue weighted by Crippen LogP contribution is 2.20. The molecule has 1 aromatic heterocycles. The first kappa shape index (κ1) is 13.8. The quantitative estimate of drug-likeness (QED) is 0.797. The highest BCUT2D eigenvalue weighted by atomic mass is 16.5. The molecule has 0 unspecified atom stereocenters. The second-order valence-corrected chi connectivity index (χ2v) is 3.93. The van der Waals surface area contributed by atoms with Gasteiger partial charge in [0.15, 0.2) is 5.69 Å². The van der Waals surface area contributed by atoms with E-state index in [0.717, 1.165) is 0 Å². The molecule has 20 heavy (non-hydrogen) atoms. The summed E-state index contributed by atoms with van der Waals surface area (Å²) in [6.07, 6.45) is 0. The normalized spacial score (nSPS) is 10.1. The van der Waals surface area contributed by atoms with Crippen molar-refractivity contribution in [2.24, 2.45) is 0 Å². The van der Waals surface area contributed by atoms with Crippen LogP contribution in [0.3, 0.4) is 0 Å². The molecule has 2 rings (SSSR count). The number of aromatic nitrogens is 2. The number of nitrogens with zero attached hydrogens (tertiary/aromatic N) is 2. The van der Waals surface area contributed by atoms with Crippen molar-refractivity contribution in [2.75, 3.05) is 6.61 Å². The fraction of sp³-hybridized carbons (Fsp3) is 0.214. The van der Waals surface area contributed by atoms with Gasteiger partial charge in [0, 0.05) is 13.0 Å². The molecule has 0 aliphatic carbocycles. The molecule has 2 aromatic rings. The first-order valence-corrected chi connectivity index (χ1v) is 6.13. The molecule has 0 saturated heterocycles. The molecule has 0 bridgehead atoms. The Kier molecular flexibility index (Phi) is 4.14. The zero-order valence-corrected chi connectivity index (χ0v) is 11.2. The lowest BCUT2D eigenvalue weighted by Gasteiger charge is -2.05. The number of hydrogen-bond acceptors (Lipinski definition) is 5. The number of ether oxygens (including phenoxy) is 2. The SMILES string of the molecule is CCOC(=O)c1cc(OC(C)=O)n(-c2ccccc2)n1. The van der Waals surface area contributed by atoms with Crippen molar-refractivity contribution in [1.82, 2.24) is 9.78 Å². The molecule has 6 heteroatoms. The Balaban J connectivity index is 2.43. The molecule has 0 atom stereocenters. The van der Waals surface area contributed by atoms with E-state index < -0.39 is 11.9 Å². The van der Waals surface area contributed by atoms with Crippen LogP contribution in [0.25, 0.3) is 5.69 Å². The summed E-state index contributed by atoms with van der Waals surface area (Å²) in [5.74, 6) is -0.875. The summed E-state index contributed by atoms with van der Waals surface area (Å²) in [7, 11) is 0. The molecule has 104 valence electrons. The van der Waals surface area contributed by atoms with E-state index in [1.165, 1.54) is 17.7 Å². The minimum absolute atomic E-state index is 0.0898. The van der Waals surface area contributed by atoms with Crippen molar-refractivity contribution in [3.05, 3.63) is 42.1 Å². The van der Waals surface area contributed by atoms with E-state index in [9.17, 15) is 9.59 Å². The van der Waals surface area contributed by atoms with Gasteiger partial charge in [0.05, 0.1) is 12.3 Å². The Hall–Kier alpha value is -2.63. The average Bonchev–Trinajstić information content (AvgIpc) is 2.83. The third-order valence-electron chi connectivity index (χ3n) is 2.41. The molecule has 6 nitrogen and oxygen atoms in total. The van der Waals surface area contributed by atoms with Gasteiger partial charge in [0.25, 0.3) is 0 Å². The van der Waals surface area contributed by atoms with Gasteiger partial charge in [-0.2, -0.15) is 9.78 Å². The highest BCUT2D eigenvalue weighted by Gasteiger charge is 2.18. The predicted molar refractivity (Wildman–Crippen MR) is 70.8 cm³/mol. The van der Waals surface area contributed by atoms with Gasteiger partial charge in [0.2, 0.25) is 5.88 Å². The Morgan fingerprint density at radius 1 is 1.25 bits per heavy atom. The summed E-state index contributed by atoms with van der Waals surface area (Å²) in [4.78, 5) is 22.8. The summed E-state index contributed by atoms with van der Waals surface area (Å²) < 4.78 is 11.3. The van der Waals surface area contributed by atoms with Crippen LogP contribution in [0.15, 0.2) is 36.4 Å². The molecular formula is C14H14N2O4. The fourth-order valence-electron chi connectivity index (χ4n) is 1.64. The predicted octanol–water partition coefficient (Wildman–Crippen LogP) is 1.97. The van der Waals surface area contributed by atoms with Crippen molar-refractivity contribution in [1.29, 1.82) is 0 Å². The fourth-order valence-corrected chi connectivity index (χ4v) is 1.64. The second kappa shape index (κ2) is 6.01. The number of para-hydroxylation sites is 1. The van der Waals surface area contributed by atoms with E-state index in [4.69, 9.17) is 9.47 Å². The van der Waals surface area contributed by atoms with Crippen LogP contribution in [0.1, 0.15) is 24.3 Å². The lowest BCUT2D eigenvalue weighted by atomic mass is 10.3. The van der Waals surface area contributed by atoms with E-state index in [1.807, 2.05) is 18.2 Å². The Bertz CT molecular complexity index is 619. The average molecular weight is 274 g/mol. The smallest absolute Gasteiger partial charge is 0.358 e. The standard InChI is InChI=1S/C14H14N2O4/c1-3-19-14(18)12-9-13(20-10(2)17)16(15-12)11-7-5-4-6-8-11/h4-9H,3H2,1-2H3. The summed E-state index contributed by atoms with van der Waals surface area (Å²) in [6, 6.07) is 10.4. The van der Waals surface area contributed by atoms with Crippen LogP contribution in [0.2, 0.25) is 0 Å². The lowest BCUT2D eigenvalue weighted by Crippen LogP contribution is -2.08. The van der Waals surface area contributed by atoms with Gasteiger partial charge in [-0.15, -0.1) is 0 Å². The van der Waals surface area contributed by atoms with E-state index in [0.29, 0.717) is 5.69 Å². The number of esters is 2. The van der Waals surface area contributed by atoms with Gasteiger partial charge in [0.1, 0.15) is 0 Å². The van der Waals surface area contributed by atoms with Crippen LogP contribution < -0.4 is 4.74 Å². The van der Waals surface area contributed by atoms with Gasteiger partial charge in [-0.25, -0.2) is 4.79 Å². The molecule has 0 fully saturated rings. The Morgan fingerprint density at radius 3 is 2.55 bits per heavy atom. The molecule has 0 aliphatic heterocycles. The van der Waals surface area contributed by atoms with Crippen LogP contribution in [0.4, 0.5) is 0 Å². The molecule has 0 saturated carbocycles. The molecule has 1 aromatic carbocycles. The Morgan fingerprint density at radius 2 is 1.95 bits per heavy atom. The Labute approximate surface area is 115 Å². The first-order valence-electron chi connectivity index (χ1n) is 6.13. The maximum Gasteiger partial charge on any atom is 0.358 e. The number of benzene rings is 1. The number of hydrogen-bond donors (Lipinski definition) is 0. The van der Waals surface area contributed by atoms with Crippen LogP contribution in [-0.2, 0) is 9.53 Å². The maximum absolute atomic E-state index is 11.7. The van der Waals surface area contributed by atoms with Gasteiger partial charge in [-0.05, 0) is 19.1 Å². The molecule has 0 N–H and O–H groups in total. The van der Waals surface area contributed by atoms with Crippen molar-refractivity contribution in [2.45, 2.75) is 13.8 Å². The second-order valence-electron chi connectivity index (χ2n) is 3.93. The minimum Gasteiger partial charge on any atom is -0.461 e. The van der Waals surface area contributed by atoms with Crippen LogP contribution in [0, 0.1) is 0 Å². The molecular weight excluding hydrogens is 260 g/mol. The van der Waals surface area contributed by atoms with E-state index in [1.54, 1.807) is 19.1 Å². The summed E-state index contributed by atoms with van der Waals surface area (Å²) >= 11 is 0. The van der Waals surface area contributed by atoms with Crippen LogP contribution in [0.5, 0.6) is 5.88 Å². The van der Waals surface area contributed by atoms with Crippen molar-refractivity contribution in [3.8, 4) is 11.6 Å². The lowest BCUT2D eigenvalue weighted by molar-refractivity contribution is -0.132. The molecule has 1 heterocycles. The van der Waals surface area contributed by atoms with E-state index in [2.05, 4.69) is 5.10 Å². The molecule has 0 spiro atoms. The van der Waals surface area contributed by atoms with Gasteiger partial charge in [-0.1, -0.05) is 18.2 Å². The van der Waals surface area contributed by atoms with Crippen molar-refractivity contribution in [3.63, 3.8) is 0 Å². The van der Waals surface area contributed by atoms with Crippen LogP contribution >= 0.6 is 0 Å². The summed E-state index contributed by atoms with van der Waals surface area (Å²) in [6.45, 7) is 3.24. The molecule has 0 aliphatic rings.